The smallest absolute Gasteiger partial charge is 0.449 e. The largest absolute Gasteiger partial charge is 0.512 e. The summed E-state index contributed by atoms with van der Waals surface area (Å²) in [6.07, 6.45) is -5.25. The molecule has 0 fully saturated rings. The van der Waals surface area contributed by atoms with Crippen molar-refractivity contribution in [2.24, 2.45) is 0 Å². The number of alkyl halides is 3. The molecular weight excluding hydrogens is 443 g/mol. The number of hydrogen-bond donors (Lipinski definition) is 1. The number of rotatable bonds is 7. The van der Waals surface area contributed by atoms with Crippen molar-refractivity contribution in [1.29, 1.82) is 0 Å². The van der Waals surface area contributed by atoms with Crippen LogP contribution in [0, 0.1) is 0 Å². The molecule has 0 unspecified atom stereocenters. The Hall–Kier alpha value is -3.33. The number of ether oxygens (including phenoxy) is 1. The molecule has 1 aromatic heterocycles. The number of benzene rings is 2. The maximum Gasteiger partial charge on any atom is 0.512 e. The molecule has 0 aliphatic heterocycles. The van der Waals surface area contributed by atoms with Gasteiger partial charge in [-0.15, -0.1) is 0 Å². The standard InChI is InChI=1S/C23H20F3NO4S/c1-2-6-20(28)27(14-15-9-11-17(12-10-15)23(24,25)26)18-13-19(16-7-4-3-5-8-16)32-21(18)31-22(29)30/h3-5,7-13H,2,6,14H2,1H3,(H,29,30). The lowest BCUT2D eigenvalue weighted by molar-refractivity contribution is -0.137. The van der Waals surface area contributed by atoms with Gasteiger partial charge in [0.2, 0.25) is 11.0 Å². The van der Waals surface area contributed by atoms with Gasteiger partial charge in [-0.2, -0.15) is 13.2 Å². The second kappa shape index (κ2) is 9.86. The van der Waals surface area contributed by atoms with Gasteiger partial charge in [0.1, 0.15) is 0 Å². The number of thiophene rings is 1. The molecule has 3 aromatic rings. The molecule has 1 amide bonds. The topological polar surface area (TPSA) is 66.8 Å². The average Bonchev–Trinajstić information content (AvgIpc) is 3.15. The Bertz CT molecular complexity index is 1080. The van der Waals surface area contributed by atoms with Crippen LogP contribution < -0.4 is 9.64 Å². The van der Waals surface area contributed by atoms with Gasteiger partial charge in [-0.25, -0.2) is 4.79 Å². The van der Waals surface area contributed by atoms with Gasteiger partial charge in [0.05, 0.1) is 17.8 Å². The van der Waals surface area contributed by atoms with Crippen LogP contribution in [-0.4, -0.2) is 17.2 Å². The molecule has 0 radical (unpaired) electrons. The molecule has 0 saturated heterocycles. The second-order valence-corrected chi connectivity index (χ2v) is 7.96. The van der Waals surface area contributed by atoms with Crippen molar-refractivity contribution in [2.45, 2.75) is 32.5 Å². The van der Waals surface area contributed by atoms with E-state index in [-0.39, 0.29) is 29.6 Å². The van der Waals surface area contributed by atoms with Crippen LogP contribution in [-0.2, 0) is 17.5 Å². The molecule has 9 heteroatoms. The zero-order valence-electron chi connectivity index (χ0n) is 17.1. The lowest BCUT2D eigenvalue weighted by Gasteiger charge is -2.23. The summed E-state index contributed by atoms with van der Waals surface area (Å²) in [6.45, 7) is 1.80. The minimum Gasteiger partial charge on any atom is -0.449 e. The minimum atomic E-state index is -4.46. The van der Waals surface area contributed by atoms with Crippen molar-refractivity contribution >= 4 is 29.1 Å². The average molecular weight is 463 g/mol. The highest BCUT2D eigenvalue weighted by atomic mass is 32.1. The number of carboxylic acid groups (broad SMARTS) is 1. The van der Waals surface area contributed by atoms with Crippen molar-refractivity contribution in [3.05, 3.63) is 71.8 Å². The van der Waals surface area contributed by atoms with Crippen LogP contribution in [0.5, 0.6) is 5.06 Å². The van der Waals surface area contributed by atoms with Crippen molar-refractivity contribution in [3.8, 4) is 15.5 Å². The van der Waals surface area contributed by atoms with E-state index in [2.05, 4.69) is 0 Å². The number of hydrogen-bond acceptors (Lipinski definition) is 4. The molecule has 0 atom stereocenters. The van der Waals surface area contributed by atoms with Crippen LogP contribution in [0.2, 0.25) is 0 Å². The minimum absolute atomic E-state index is 0.0210. The van der Waals surface area contributed by atoms with E-state index in [1.807, 2.05) is 37.3 Å². The van der Waals surface area contributed by atoms with Crippen LogP contribution in [0.3, 0.4) is 0 Å². The Labute approximate surface area is 186 Å². The van der Waals surface area contributed by atoms with E-state index in [9.17, 15) is 22.8 Å². The Morgan fingerprint density at radius 2 is 1.72 bits per heavy atom. The van der Waals surface area contributed by atoms with E-state index in [0.29, 0.717) is 16.9 Å². The first-order chi connectivity index (χ1) is 15.2. The lowest BCUT2D eigenvalue weighted by atomic mass is 10.1. The summed E-state index contributed by atoms with van der Waals surface area (Å²) in [5, 5.41) is 9.19. The normalized spacial score (nSPS) is 11.2. The van der Waals surface area contributed by atoms with Gasteiger partial charge in [-0.1, -0.05) is 60.7 Å². The number of amides is 1. The van der Waals surface area contributed by atoms with E-state index >= 15 is 0 Å². The van der Waals surface area contributed by atoms with Crippen LogP contribution in [0.1, 0.15) is 30.9 Å². The van der Waals surface area contributed by atoms with Crippen LogP contribution in [0.25, 0.3) is 10.4 Å². The highest BCUT2D eigenvalue weighted by molar-refractivity contribution is 7.18. The molecule has 1 N–H and O–H groups in total. The third-order valence-corrected chi connectivity index (χ3v) is 5.65. The molecule has 5 nitrogen and oxygen atoms in total. The van der Waals surface area contributed by atoms with Gasteiger partial charge >= 0.3 is 12.3 Å². The number of anilines is 1. The summed E-state index contributed by atoms with van der Waals surface area (Å²) in [4.78, 5) is 26.2. The molecule has 0 bridgehead atoms. The number of halogens is 3. The predicted octanol–water partition coefficient (Wildman–Crippen LogP) is 6.82. The second-order valence-electron chi connectivity index (χ2n) is 6.94. The summed E-state index contributed by atoms with van der Waals surface area (Å²) in [5.41, 5.74) is 0.756. The van der Waals surface area contributed by atoms with Crippen LogP contribution >= 0.6 is 11.3 Å². The molecular formula is C23H20F3NO4S. The fourth-order valence-electron chi connectivity index (χ4n) is 3.09. The van der Waals surface area contributed by atoms with E-state index in [1.165, 1.54) is 17.0 Å². The summed E-state index contributed by atoms with van der Waals surface area (Å²) in [6, 6.07) is 15.4. The van der Waals surface area contributed by atoms with Gasteiger partial charge in [-0.3, -0.25) is 4.79 Å². The molecule has 2 aromatic carbocycles. The fourth-order valence-corrected chi connectivity index (χ4v) is 4.10. The van der Waals surface area contributed by atoms with Gasteiger partial charge in [-0.05, 0) is 35.7 Å². The third kappa shape index (κ3) is 5.67. The summed E-state index contributed by atoms with van der Waals surface area (Å²) >= 11 is 1.08. The van der Waals surface area contributed by atoms with Gasteiger partial charge in [0.15, 0.2) is 0 Å². The first kappa shape index (κ1) is 23.3. The van der Waals surface area contributed by atoms with Crippen LogP contribution in [0.4, 0.5) is 23.7 Å². The molecule has 1 heterocycles. The van der Waals surface area contributed by atoms with Crippen LogP contribution in [0.15, 0.2) is 60.7 Å². The Balaban J connectivity index is 2.01. The SMILES string of the molecule is CCCC(=O)N(Cc1ccc(C(F)(F)F)cc1)c1cc(-c2ccccc2)sc1OC(=O)O. The van der Waals surface area contributed by atoms with Gasteiger partial charge < -0.3 is 14.7 Å². The van der Waals surface area contributed by atoms with Crippen molar-refractivity contribution < 1.29 is 32.6 Å². The first-order valence-corrected chi connectivity index (χ1v) is 10.6. The molecule has 168 valence electrons. The number of carbonyl (C=O) groups is 2. The zero-order valence-corrected chi connectivity index (χ0v) is 17.9. The monoisotopic (exact) mass is 463 g/mol. The number of nitrogens with zero attached hydrogens (tertiary/aromatic N) is 1. The Morgan fingerprint density at radius 3 is 2.28 bits per heavy atom. The first-order valence-electron chi connectivity index (χ1n) is 9.75. The van der Waals surface area contributed by atoms with E-state index < -0.39 is 17.9 Å². The molecule has 32 heavy (non-hydrogen) atoms. The third-order valence-electron chi connectivity index (χ3n) is 4.60. The molecule has 3 rings (SSSR count). The lowest BCUT2D eigenvalue weighted by Crippen LogP contribution is -2.30. The van der Waals surface area contributed by atoms with E-state index in [4.69, 9.17) is 9.84 Å². The maximum absolute atomic E-state index is 12.9. The van der Waals surface area contributed by atoms with Gasteiger partial charge in [0.25, 0.3) is 0 Å². The number of carbonyl (C=O) groups excluding carboxylic acids is 1. The summed E-state index contributed by atoms with van der Waals surface area (Å²) < 4.78 is 43.6. The highest BCUT2D eigenvalue weighted by Gasteiger charge is 2.30. The van der Waals surface area contributed by atoms with Crippen molar-refractivity contribution in [2.75, 3.05) is 4.90 Å². The molecule has 0 saturated carbocycles. The zero-order chi connectivity index (χ0) is 23.3. The predicted molar refractivity (Wildman–Crippen MR) is 116 cm³/mol. The molecule has 0 aliphatic carbocycles. The van der Waals surface area contributed by atoms with Crippen molar-refractivity contribution in [1.82, 2.24) is 0 Å². The van der Waals surface area contributed by atoms with Crippen molar-refractivity contribution in [3.63, 3.8) is 0 Å². The molecule has 0 spiro atoms. The van der Waals surface area contributed by atoms with E-state index in [1.54, 1.807) is 6.07 Å². The Morgan fingerprint density at radius 1 is 1.06 bits per heavy atom. The highest BCUT2D eigenvalue weighted by Crippen LogP contribution is 2.43. The summed E-state index contributed by atoms with van der Waals surface area (Å²) in [5.74, 6) is -0.292. The molecule has 0 aliphatic rings. The fraction of sp³-hybridized carbons (Fsp3) is 0.217. The quantitative estimate of drug-likeness (QED) is 0.390. The maximum atomic E-state index is 12.9. The Kier molecular flexibility index (Phi) is 7.19. The van der Waals surface area contributed by atoms with Gasteiger partial charge in [0, 0.05) is 11.3 Å². The van der Waals surface area contributed by atoms with E-state index in [0.717, 1.165) is 29.0 Å². The summed E-state index contributed by atoms with van der Waals surface area (Å²) in [7, 11) is 0.